The highest BCUT2D eigenvalue weighted by molar-refractivity contribution is 8.18. The van der Waals surface area contributed by atoms with Crippen molar-refractivity contribution >= 4 is 28.9 Å². The van der Waals surface area contributed by atoms with Gasteiger partial charge in [0, 0.05) is 0 Å². The fraction of sp³-hybridized carbons (Fsp3) is 0.0588. The molecule has 1 aliphatic heterocycles. The number of carbonyl (C=O) groups is 1. The molecule has 0 aliphatic carbocycles. The Bertz CT molecular complexity index is 741. The Kier molecular flexibility index (Phi) is 4.25. The molecule has 0 atom stereocenters. The van der Waals surface area contributed by atoms with Crippen LogP contribution in [0, 0.1) is 5.41 Å². The normalized spacial score (nSPS) is 15.9. The van der Waals surface area contributed by atoms with Crippen molar-refractivity contribution in [2.24, 2.45) is 0 Å². The number of hydrogen-bond acceptors (Lipinski definition) is 4. The van der Waals surface area contributed by atoms with Crippen LogP contribution in [-0.4, -0.2) is 11.1 Å². The van der Waals surface area contributed by atoms with E-state index in [-0.39, 0.29) is 11.1 Å². The number of carbonyl (C=O) groups excluding carboxylic acids is 1. The van der Waals surface area contributed by atoms with Crippen molar-refractivity contribution in [2.75, 3.05) is 0 Å². The second-order valence-electron chi connectivity index (χ2n) is 4.74. The largest absolute Gasteiger partial charge is 0.489 e. The van der Waals surface area contributed by atoms with E-state index in [0.29, 0.717) is 11.5 Å². The number of amidine groups is 1. The van der Waals surface area contributed by atoms with E-state index >= 15 is 0 Å². The third-order valence-corrected chi connectivity index (χ3v) is 3.91. The van der Waals surface area contributed by atoms with Gasteiger partial charge in [0.15, 0.2) is 0 Å². The molecule has 2 N–H and O–H groups in total. The van der Waals surface area contributed by atoms with Crippen molar-refractivity contribution in [1.29, 1.82) is 5.41 Å². The van der Waals surface area contributed by atoms with Gasteiger partial charge >= 0.3 is 0 Å². The van der Waals surface area contributed by atoms with Crippen molar-refractivity contribution in [3.8, 4) is 5.75 Å². The van der Waals surface area contributed by atoms with Crippen LogP contribution in [-0.2, 0) is 6.61 Å². The van der Waals surface area contributed by atoms with Gasteiger partial charge in [-0.05, 0) is 41.1 Å². The van der Waals surface area contributed by atoms with Gasteiger partial charge in [0.05, 0.1) is 4.91 Å². The molecule has 5 heteroatoms. The summed E-state index contributed by atoms with van der Waals surface area (Å²) in [5.41, 5.74) is 2.00. The molecule has 1 fully saturated rings. The lowest BCUT2D eigenvalue weighted by atomic mass is 10.2. The van der Waals surface area contributed by atoms with Gasteiger partial charge in [-0.2, -0.15) is 0 Å². The number of ether oxygens (including phenoxy) is 1. The van der Waals surface area contributed by atoms with Crippen LogP contribution in [0.2, 0.25) is 0 Å². The topological polar surface area (TPSA) is 62.2 Å². The van der Waals surface area contributed by atoms with E-state index in [0.717, 1.165) is 28.6 Å². The Balaban J connectivity index is 1.71. The van der Waals surface area contributed by atoms with Crippen LogP contribution in [0.1, 0.15) is 11.1 Å². The van der Waals surface area contributed by atoms with E-state index in [9.17, 15) is 4.79 Å². The van der Waals surface area contributed by atoms with Crippen molar-refractivity contribution in [1.82, 2.24) is 5.32 Å². The lowest BCUT2D eigenvalue weighted by Crippen LogP contribution is -2.17. The van der Waals surface area contributed by atoms with Crippen molar-refractivity contribution in [3.63, 3.8) is 0 Å². The van der Waals surface area contributed by atoms with Gasteiger partial charge in [-0.25, -0.2) is 0 Å². The highest BCUT2D eigenvalue weighted by atomic mass is 32.2. The molecule has 4 nitrogen and oxygen atoms in total. The van der Waals surface area contributed by atoms with E-state index in [1.807, 2.05) is 54.6 Å². The zero-order valence-corrected chi connectivity index (χ0v) is 12.5. The molecule has 0 radical (unpaired) electrons. The highest BCUT2D eigenvalue weighted by Crippen LogP contribution is 2.26. The number of benzene rings is 2. The maximum atomic E-state index is 11.2. The molecule has 0 aromatic heterocycles. The SMILES string of the molecule is N=C1NC(=O)SC1=Cc1cccc(OCc2ccccc2)c1. The average molecular weight is 310 g/mol. The maximum Gasteiger partial charge on any atom is 0.289 e. The highest BCUT2D eigenvalue weighted by Gasteiger charge is 2.21. The molecule has 1 amide bonds. The summed E-state index contributed by atoms with van der Waals surface area (Å²) in [5, 5.41) is 9.92. The van der Waals surface area contributed by atoms with Crippen LogP contribution in [0.15, 0.2) is 59.5 Å². The summed E-state index contributed by atoms with van der Waals surface area (Å²) < 4.78 is 5.77. The number of thioether (sulfide) groups is 1. The smallest absolute Gasteiger partial charge is 0.289 e. The summed E-state index contributed by atoms with van der Waals surface area (Å²) in [4.78, 5) is 11.8. The zero-order valence-electron chi connectivity index (χ0n) is 11.7. The van der Waals surface area contributed by atoms with Crippen LogP contribution in [0.4, 0.5) is 4.79 Å². The van der Waals surface area contributed by atoms with Gasteiger partial charge in [0.25, 0.3) is 5.24 Å². The zero-order chi connectivity index (χ0) is 15.4. The molecule has 1 saturated heterocycles. The third-order valence-electron chi connectivity index (χ3n) is 3.08. The first kappa shape index (κ1) is 14.4. The summed E-state index contributed by atoms with van der Waals surface area (Å²) in [6.45, 7) is 0.505. The first-order valence-corrected chi connectivity index (χ1v) is 7.58. The Morgan fingerprint density at radius 3 is 2.68 bits per heavy atom. The number of nitrogens with one attached hydrogen (secondary N) is 2. The summed E-state index contributed by atoms with van der Waals surface area (Å²) in [5.74, 6) is 0.901. The molecule has 2 aromatic carbocycles. The molecule has 1 aliphatic rings. The van der Waals surface area contributed by atoms with Gasteiger partial charge in [-0.15, -0.1) is 0 Å². The monoisotopic (exact) mass is 310 g/mol. The number of amides is 1. The van der Waals surface area contributed by atoms with Crippen LogP contribution in [0.3, 0.4) is 0 Å². The summed E-state index contributed by atoms with van der Waals surface area (Å²) >= 11 is 1.03. The molecule has 0 spiro atoms. The van der Waals surface area contributed by atoms with E-state index in [1.54, 1.807) is 6.08 Å². The second kappa shape index (κ2) is 6.49. The predicted octanol–water partition coefficient (Wildman–Crippen LogP) is 4.04. The predicted molar refractivity (Wildman–Crippen MR) is 89.0 cm³/mol. The summed E-state index contributed by atoms with van der Waals surface area (Å²) in [6.07, 6.45) is 1.81. The molecular formula is C17H14N2O2S. The summed E-state index contributed by atoms with van der Waals surface area (Å²) in [6, 6.07) is 17.6. The fourth-order valence-electron chi connectivity index (χ4n) is 2.03. The number of hydrogen-bond donors (Lipinski definition) is 2. The maximum absolute atomic E-state index is 11.2. The van der Waals surface area contributed by atoms with Crippen LogP contribution in [0.5, 0.6) is 5.75 Å². The summed E-state index contributed by atoms with van der Waals surface area (Å²) in [7, 11) is 0. The average Bonchev–Trinajstić information content (AvgIpc) is 2.84. The molecule has 22 heavy (non-hydrogen) atoms. The van der Waals surface area contributed by atoms with E-state index in [1.165, 1.54) is 0 Å². The standard InChI is InChI=1S/C17H14N2O2S/c18-16-15(22-17(20)19-16)10-13-7-4-8-14(9-13)21-11-12-5-2-1-3-6-12/h1-10H,11H2,(H2,18,19,20). The Hall–Kier alpha value is -2.53. The minimum atomic E-state index is -0.215. The molecule has 110 valence electrons. The molecule has 0 unspecified atom stereocenters. The quantitative estimate of drug-likeness (QED) is 0.896. The molecule has 3 rings (SSSR count). The third kappa shape index (κ3) is 3.56. The molecular weight excluding hydrogens is 296 g/mol. The van der Waals surface area contributed by atoms with Gasteiger partial charge in [0.2, 0.25) is 0 Å². The van der Waals surface area contributed by atoms with Crippen LogP contribution >= 0.6 is 11.8 Å². The first-order valence-electron chi connectivity index (χ1n) is 6.77. The lowest BCUT2D eigenvalue weighted by Gasteiger charge is -2.07. The Morgan fingerprint density at radius 1 is 1.14 bits per heavy atom. The van der Waals surface area contributed by atoms with Crippen molar-refractivity contribution in [3.05, 3.63) is 70.6 Å². The van der Waals surface area contributed by atoms with Gasteiger partial charge in [0.1, 0.15) is 18.2 Å². The van der Waals surface area contributed by atoms with Gasteiger partial charge < -0.3 is 10.1 Å². The Labute approximate surface area is 132 Å². The lowest BCUT2D eigenvalue weighted by molar-refractivity contribution is 0.265. The van der Waals surface area contributed by atoms with E-state index in [2.05, 4.69) is 5.32 Å². The van der Waals surface area contributed by atoms with Crippen molar-refractivity contribution in [2.45, 2.75) is 6.61 Å². The molecule has 2 aromatic rings. The van der Waals surface area contributed by atoms with Crippen molar-refractivity contribution < 1.29 is 9.53 Å². The van der Waals surface area contributed by atoms with Gasteiger partial charge in [-0.1, -0.05) is 42.5 Å². The van der Waals surface area contributed by atoms with Gasteiger partial charge in [-0.3, -0.25) is 10.2 Å². The molecule has 0 bridgehead atoms. The van der Waals surface area contributed by atoms with Crippen LogP contribution in [0.25, 0.3) is 6.08 Å². The second-order valence-corrected chi connectivity index (χ2v) is 5.76. The number of rotatable bonds is 4. The first-order chi connectivity index (χ1) is 10.7. The molecule has 0 saturated carbocycles. The van der Waals surface area contributed by atoms with E-state index < -0.39 is 0 Å². The Morgan fingerprint density at radius 2 is 1.95 bits per heavy atom. The van der Waals surface area contributed by atoms with E-state index in [4.69, 9.17) is 10.1 Å². The molecule has 1 heterocycles. The van der Waals surface area contributed by atoms with Crippen LogP contribution < -0.4 is 10.1 Å². The fourth-order valence-corrected chi connectivity index (χ4v) is 2.73. The minimum Gasteiger partial charge on any atom is -0.489 e. The minimum absolute atomic E-state index is 0.144.